The molecule has 0 aliphatic heterocycles. The van der Waals surface area contributed by atoms with Crippen LogP contribution in [0.1, 0.15) is 11.3 Å². The third-order valence-corrected chi connectivity index (χ3v) is 5.04. The van der Waals surface area contributed by atoms with Crippen LogP contribution in [0.2, 0.25) is 5.15 Å². The fourth-order valence-corrected chi connectivity index (χ4v) is 3.36. The first kappa shape index (κ1) is 19.1. The average Bonchev–Trinajstić information content (AvgIpc) is 2.96. The highest BCUT2D eigenvalue weighted by Crippen LogP contribution is 2.22. The van der Waals surface area contributed by atoms with Crippen LogP contribution in [-0.2, 0) is 4.79 Å². The minimum atomic E-state index is -0.352. The van der Waals surface area contributed by atoms with Crippen LogP contribution >= 0.6 is 23.4 Å². The molecule has 0 aliphatic rings. The lowest BCUT2D eigenvalue weighted by molar-refractivity contribution is -0.118. The zero-order valence-electron chi connectivity index (χ0n) is 14.4. The third-order valence-electron chi connectivity index (χ3n) is 3.63. The van der Waals surface area contributed by atoms with Crippen molar-refractivity contribution in [3.63, 3.8) is 0 Å². The first-order chi connectivity index (χ1) is 13.1. The van der Waals surface area contributed by atoms with Gasteiger partial charge in [0.1, 0.15) is 11.0 Å². The van der Waals surface area contributed by atoms with E-state index in [1.807, 2.05) is 37.3 Å². The summed E-state index contributed by atoms with van der Waals surface area (Å²) in [6.45, 7) is 1.81. The van der Waals surface area contributed by atoms with Gasteiger partial charge >= 0.3 is 0 Å². The third kappa shape index (κ3) is 4.75. The number of thioether (sulfide) groups is 1. The second-order valence-electron chi connectivity index (χ2n) is 5.55. The zero-order chi connectivity index (χ0) is 19.2. The fraction of sp³-hybridized carbons (Fsp3) is 0.105. The molecule has 1 heterocycles. The SMILES string of the molecule is Cc1nn(-c2ccccc2)c(Cl)c1/C=N\NC(=O)CSc1ccccc1F. The molecule has 0 atom stereocenters. The van der Waals surface area contributed by atoms with Crippen LogP contribution in [0.4, 0.5) is 4.39 Å². The van der Waals surface area contributed by atoms with Crippen molar-refractivity contribution in [2.24, 2.45) is 5.10 Å². The summed E-state index contributed by atoms with van der Waals surface area (Å²) in [6.07, 6.45) is 1.45. The van der Waals surface area contributed by atoms with Gasteiger partial charge in [0.25, 0.3) is 0 Å². The minimum Gasteiger partial charge on any atom is -0.272 e. The quantitative estimate of drug-likeness (QED) is 0.381. The Kier molecular flexibility index (Phi) is 6.26. The van der Waals surface area contributed by atoms with E-state index >= 15 is 0 Å². The van der Waals surface area contributed by atoms with Crippen molar-refractivity contribution >= 4 is 35.5 Å². The predicted molar refractivity (Wildman–Crippen MR) is 106 cm³/mol. The summed E-state index contributed by atoms with van der Waals surface area (Å²) in [5, 5.41) is 8.73. The summed E-state index contributed by atoms with van der Waals surface area (Å²) in [6, 6.07) is 15.8. The highest BCUT2D eigenvalue weighted by Gasteiger charge is 2.13. The van der Waals surface area contributed by atoms with Crippen LogP contribution in [0.5, 0.6) is 0 Å². The molecule has 8 heteroatoms. The van der Waals surface area contributed by atoms with E-state index in [9.17, 15) is 9.18 Å². The molecule has 1 N–H and O–H groups in total. The Hall–Kier alpha value is -2.64. The molecule has 0 saturated heterocycles. The summed E-state index contributed by atoms with van der Waals surface area (Å²) in [4.78, 5) is 12.3. The smallest absolute Gasteiger partial charge is 0.250 e. The van der Waals surface area contributed by atoms with E-state index in [1.54, 1.807) is 22.9 Å². The number of rotatable bonds is 6. The van der Waals surface area contributed by atoms with Gasteiger partial charge in [0.15, 0.2) is 0 Å². The number of benzene rings is 2. The fourth-order valence-electron chi connectivity index (χ4n) is 2.30. The van der Waals surface area contributed by atoms with Crippen LogP contribution in [0, 0.1) is 12.7 Å². The number of hydrazone groups is 1. The molecule has 27 heavy (non-hydrogen) atoms. The Morgan fingerprint density at radius 3 is 2.70 bits per heavy atom. The molecular formula is C19H16ClFN4OS. The molecule has 1 aromatic heterocycles. The van der Waals surface area contributed by atoms with Gasteiger partial charge in [0, 0.05) is 4.90 Å². The molecule has 3 rings (SSSR count). The van der Waals surface area contributed by atoms with E-state index in [-0.39, 0.29) is 17.5 Å². The molecule has 0 unspecified atom stereocenters. The lowest BCUT2D eigenvalue weighted by Crippen LogP contribution is -2.19. The highest BCUT2D eigenvalue weighted by atomic mass is 35.5. The zero-order valence-corrected chi connectivity index (χ0v) is 16.0. The minimum absolute atomic E-state index is 0.0499. The number of para-hydroxylation sites is 1. The Morgan fingerprint density at radius 1 is 1.26 bits per heavy atom. The summed E-state index contributed by atoms with van der Waals surface area (Å²) in [7, 11) is 0. The molecule has 1 amide bonds. The normalized spacial score (nSPS) is 11.1. The number of hydrogen-bond acceptors (Lipinski definition) is 4. The van der Waals surface area contributed by atoms with Crippen LogP contribution in [0.3, 0.4) is 0 Å². The lowest BCUT2D eigenvalue weighted by atomic mass is 10.3. The number of aryl methyl sites for hydroxylation is 1. The maximum Gasteiger partial charge on any atom is 0.250 e. The number of carbonyl (C=O) groups excluding carboxylic acids is 1. The largest absolute Gasteiger partial charge is 0.272 e. The van der Waals surface area contributed by atoms with E-state index < -0.39 is 0 Å². The van der Waals surface area contributed by atoms with Crippen molar-refractivity contribution in [2.75, 3.05) is 5.75 Å². The van der Waals surface area contributed by atoms with Gasteiger partial charge in [-0.2, -0.15) is 10.2 Å². The molecule has 0 aliphatic carbocycles. The topological polar surface area (TPSA) is 59.3 Å². The molecule has 0 spiro atoms. The molecule has 138 valence electrons. The second-order valence-corrected chi connectivity index (χ2v) is 6.92. The standard InChI is InChI=1S/C19H16ClFN4OS/c1-13-15(19(20)25(24-13)14-7-3-2-4-8-14)11-22-23-18(26)12-27-17-10-6-5-9-16(17)21/h2-11H,12H2,1H3,(H,23,26)/b22-11-. The van der Waals surface area contributed by atoms with Gasteiger partial charge in [-0.05, 0) is 31.2 Å². The van der Waals surface area contributed by atoms with Gasteiger partial charge in [-0.1, -0.05) is 41.9 Å². The van der Waals surface area contributed by atoms with E-state index in [2.05, 4.69) is 15.6 Å². The number of nitrogens with zero attached hydrogens (tertiary/aromatic N) is 3. The van der Waals surface area contributed by atoms with E-state index in [1.165, 1.54) is 12.3 Å². The van der Waals surface area contributed by atoms with Gasteiger partial charge < -0.3 is 0 Å². The summed E-state index contributed by atoms with van der Waals surface area (Å²) in [5.41, 5.74) is 4.54. The van der Waals surface area contributed by atoms with Crippen LogP contribution < -0.4 is 5.43 Å². The number of halogens is 2. The van der Waals surface area contributed by atoms with Crippen molar-refractivity contribution in [3.8, 4) is 5.69 Å². The van der Waals surface area contributed by atoms with Crippen molar-refractivity contribution < 1.29 is 9.18 Å². The van der Waals surface area contributed by atoms with Crippen molar-refractivity contribution in [1.82, 2.24) is 15.2 Å². The first-order valence-electron chi connectivity index (χ1n) is 8.06. The predicted octanol–water partition coefficient (Wildman–Crippen LogP) is 4.22. The molecule has 5 nitrogen and oxygen atoms in total. The van der Waals surface area contributed by atoms with Crippen molar-refractivity contribution in [1.29, 1.82) is 0 Å². The summed E-state index contributed by atoms with van der Waals surface area (Å²) < 4.78 is 15.1. The number of nitrogens with one attached hydrogen (secondary N) is 1. The molecule has 0 bridgehead atoms. The van der Waals surface area contributed by atoms with Crippen molar-refractivity contribution in [3.05, 3.63) is 76.8 Å². The van der Waals surface area contributed by atoms with Crippen LogP contribution in [0.15, 0.2) is 64.6 Å². The van der Waals surface area contributed by atoms with Gasteiger partial charge in [-0.15, -0.1) is 11.8 Å². The molecule has 0 radical (unpaired) electrons. The highest BCUT2D eigenvalue weighted by molar-refractivity contribution is 8.00. The number of aromatic nitrogens is 2. The van der Waals surface area contributed by atoms with Gasteiger partial charge in [-0.3, -0.25) is 4.79 Å². The molecular weight excluding hydrogens is 387 g/mol. The Morgan fingerprint density at radius 2 is 1.96 bits per heavy atom. The van der Waals surface area contributed by atoms with Gasteiger partial charge in [0.2, 0.25) is 5.91 Å². The van der Waals surface area contributed by atoms with Crippen molar-refractivity contribution in [2.45, 2.75) is 11.8 Å². The van der Waals surface area contributed by atoms with E-state index in [0.717, 1.165) is 17.4 Å². The molecule has 2 aromatic carbocycles. The number of carbonyl (C=O) groups is 1. The summed E-state index contributed by atoms with van der Waals surface area (Å²) in [5.74, 6) is -0.646. The lowest BCUT2D eigenvalue weighted by Gasteiger charge is -2.02. The van der Waals surface area contributed by atoms with Crippen LogP contribution in [-0.4, -0.2) is 27.7 Å². The Bertz CT molecular complexity index is 975. The summed E-state index contributed by atoms with van der Waals surface area (Å²) >= 11 is 7.49. The average molecular weight is 403 g/mol. The number of amides is 1. The molecule has 0 saturated carbocycles. The number of hydrogen-bond donors (Lipinski definition) is 1. The molecule has 0 fully saturated rings. The Labute approximate surface area is 165 Å². The maximum atomic E-state index is 13.5. The Balaban J connectivity index is 1.62. The second kappa shape index (κ2) is 8.83. The van der Waals surface area contributed by atoms with Gasteiger partial charge in [-0.25, -0.2) is 14.5 Å². The monoisotopic (exact) mass is 402 g/mol. The van der Waals surface area contributed by atoms with E-state index in [4.69, 9.17) is 11.6 Å². The van der Waals surface area contributed by atoms with Crippen LogP contribution in [0.25, 0.3) is 5.69 Å². The first-order valence-corrected chi connectivity index (χ1v) is 9.42. The van der Waals surface area contributed by atoms with E-state index in [0.29, 0.717) is 21.3 Å². The maximum absolute atomic E-state index is 13.5. The molecule has 3 aromatic rings. The van der Waals surface area contributed by atoms with Gasteiger partial charge in [0.05, 0.1) is 28.9 Å².